The SMILES string of the molecule is C=C1/C=C\C=C/Cc2cc(-c3cccc(-n4c5ccccc5c5c6ccn(-c7ccccc7)c6ccc54)c3)ccc2-c2ccc(-c3ccccc3)cc21. The van der Waals surface area contributed by atoms with Crippen LogP contribution in [0.2, 0.25) is 0 Å². The van der Waals surface area contributed by atoms with Gasteiger partial charge in [0.1, 0.15) is 0 Å². The lowest BCUT2D eigenvalue weighted by molar-refractivity contribution is 1.13. The first kappa shape index (κ1) is 30.9. The van der Waals surface area contributed by atoms with E-state index in [9.17, 15) is 0 Å². The lowest BCUT2D eigenvalue weighted by atomic mass is 9.86. The van der Waals surface area contributed by atoms with Gasteiger partial charge in [0.25, 0.3) is 0 Å². The second-order valence-corrected chi connectivity index (χ2v) is 13.8. The minimum Gasteiger partial charge on any atom is -0.317 e. The van der Waals surface area contributed by atoms with Gasteiger partial charge in [-0.15, -0.1) is 0 Å². The van der Waals surface area contributed by atoms with Gasteiger partial charge in [0, 0.05) is 33.7 Å². The maximum atomic E-state index is 4.49. The van der Waals surface area contributed by atoms with Crippen LogP contribution in [0.4, 0.5) is 0 Å². The van der Waals surface area contributed by atoms with Crippen molar-refractivity contribution in [1.82, 2.24) is 9.13 Å². The van der Waals surface area contributed by atoms with E-state index in [2.05, 4.69) is 210 Å². The second kappa shape index (κ2) is 12.7. The van der Waals surface area contributed by atoms with Crippen LogP contribution < -0.4 is 0 Å². The predicted molar refractivity (Wildman–Crippen MR) is 225 cm³/mol. The summed E-state index contributed by atoms with van der Waals surface area (Å²) in [4.78, 5) is 0. The molecule has 1 aliphatic carbocycles. The molecule has 0 N–H and O–H groups in total. The molecule has 53 heavy (non-hydrogen) atoms. The molecule has 2 aromatic heterocycles. The third kappa shape index (κ3) is 5.27. The van der Waals surface area contributed by atoms with Crippen LogP contribution in [-0.2, 0) is 6.42 Å². The zero-order valence-electron chi connectivity index (χ0n) is 29.3. The third-order valence-corrected chi connectivity index (χ3v) is 10.7. The molecule has 0 aliphatic heterocycles. The molecular formula is C51H36N2. The Morgan fingerprint density at radius 1 is 0.453 bits per heavy atom. The zero-order chi connectivity index (χ0) is 35.3. The number of rotatable bonds is 4. The van der Waals surface area contributed by atoms with Gasteiger partial charge in [0.15, 0.2) is 0 Å². The first-order valence-corrected chi connectivity index (χ1v) is 18.3. The summed E-state index contributed by atoms with van der Waals surface area (Å²) in [6.07, 6.45) is 11.6. The Balaban J connectivity index is 1.10. The summed E-state index contributed by atoms with van der Waals surface area (Å²) in [7, 11) is 0. The third-order valence-electron chi connectivity index (χ3n) is 10.7. The first-order valence-electron chi connectivity index (χ1n) is 18.3. The van der Waals surface area contributed by atoms with Crippen LogP contribution in [-0.4, -0.2) is 9.13 Å². The van der Waals surface area contributed by atoms with Gasteiger partial charge in [-0.3, -0.25) is 0 Å². The molecule has 9 aromatic rings. The molecule has 0 unspecified atom stereocenters. The minimum atomic E-state index is 0.838. The van der Waals surface area contributed by atoms with E-state index in [1.807, 2.05) is 0 Å². The topological polar surface area (TPSA) is 9.86 Å². The molecule has 0 radical (unpaired) electrons. The number of benzene rings is 7. The van der Waals surface area contributed by atoms with E-state index < -0.39 is 0 Å². The van der Waals surface area contributed by atoms with Crippen LogP contribution in [0.1, 0.15) is 11.1 Å². The molecule has 2 nitrogen and oxygen atoms in total. The molecule has 2 heterocycles. The van der Waals surface area contributed by atoms with E-state index in [1.165, 1.54) is 71.7 Å². The molecule has 0 saturated heterocycles. The molecule has 0 bridgehead atoms. The van der Waals surface area contributed by atoms with Crippen molar-refractivity contribution in [2.75, 3.05) is 0 Å². The Bertz CT molecular complexity index is 2920. The standard InChI is InChI=1S/C51H36N2/c1-35-14-5-2-8-17-40-32-38(24-26-43(40)44-27-25-39(34-47(35)44)36-15-6-3-7-16-36)37-18-13-21-42(33-37)53-49-23-12-11-22-45(49)51-46-30-31-52(41-19-9-4-10-20-41)48(46)28-29-50(51)53/h2-16,18-34H,1,17H2/b8-2-,14-5-. The van der Waals surface area contributed by atoms with Crippen molar-refractivity contribution in [2.24, 2.45) is 0 Å². The largest absolute Gasteiger partial charge is 0.317 e. The molecule has 0 spiro atoms. The first-order chi connectivity index (χ1) is 26.2. The molecule has 10 rings (SSSR count). The Hall–Kier alpha value is -6.90. The highest BCUT2D eigenvalue weighted by molar-refractivity contribution is 6.21. The highest BCUT2D eigenvalue weighted by atomic mass is 15.0. The quantitative estimate of drug-likeness (QED) is 0.176. The number of hydrogen-bond acceptors (Lipinski definition) is 0. The molecule has 0 saturated carbocycles. The summed E-state index contributed by atoms with van der Waals surface area (Å²) in [5, 5.41) is 3.80. The van der Waals surface area contributed by atoms with Crippen molar-refractivity contribution >= 4 is 38.3 Å². The average Bonchev–Trinajstić information content (AvgIpc) is 3.80. The minimum absolute atomic E-state index is 0.838. The van der Waals surface area contributed by atoms with E-state index >= 15 is 0 Å². The van der Waals surface area contributed by atoms with Crippen LogP contribution in [0, 0.1) is 0 Å². The number of hydrogen-bond donors (Lipinski definition) is 0. The van der Waals surface area contributed by atoms with Crippen molar-refractivity contribution in [3.8, 4) is 44.8 Å². The summed E-state index contributed by atoms with van der Waals surface area (Å²) in [6.45, 7) is 4.49. The van der Waals surface area contributed by atoms with Crippen LogP contribution >= 0.6 is 0 Å². The summed E-state index contributed by atoms with van der Waals surface area (Å²) in [5.41, 5.74) is 16.6. The van der Waals surface area contributed by atoms with E-state index in [0.717, 1.165) is 28.9 Å². The van der Waals surface area contributed by atoms with Crippen LogP contribution in [0.25, 0.3) is 83.0 Å². The lowest BCUT2D eigenvalue weighted by Crippen LogP contribution is -1.97. The Kier molecular flexibility index (Phi) is 7.40. The molecular weight excluding hydrogens is 641 g/mol. The van der Waals surface area contributed by atoms with Crippen molar-refractivity contribution in [3.63, 3.8) is 0 Å². The molecule has 1 aliphatic rings. The summed E-state index contributed by atoms with van der Waals surface area (Å²) in [5.74, 6) is 0. The maximum absolute atomic E-state index is 4.49. The lowest BCUT2D eigenvalue weighted by Gasteiger charge is -2.18. The van der Waals surface area contributed by atoms with Gasteiger partial charge in [-0.05, 0) is 111 Å². The monoisotopic (exact) mass is 676 g/mol. The van der Waals surface area contributed by atoms with E-state index in [0.29, 0.717) is 0 Å². The van der Waals surface area contributed by atoms with Gasteiger partial charge in [-0.2, -0.15) is 0 Å². The fourth-order valence-electron chi connectivity index (χ4n) is 8.20. The van der Waals surface area contributed by atoms with E-state index in [-0.39, 0.29) is 0 Å². The molecule has 0 amide bonds. The molecule has 0 fully saturated rings. The van der Waals surface area contributed by atoms with Gasteiger partial charge in [-0.25, -0.2) is 0 Å². The van der Waals surface area contributed by atoms with E-state index in [4.69, 9.17) is 0 Å². The normalized spacial score (nSPS) is 13.9. The molecule has 2 heteroatoms. The summed E-state index contributed by atoms with van der Waals surface area (Å²) < 4.78 is 4.71. The van der Waals surface area contributed by atoms with E-state index in [1.54, 1.807) is 0 Å². The van der Waals surface area contributed by atoms with Gasteiger partial charge >= 0.3 is 0 Å². The molecule has 7 aromatic carbocycles. The van der Waals surface area contributed by atoms with Crippen LogP contribution in [0.15, 0.2) is 201 Å². The number of nitrogens with zero attached hydrogens (tertiary/aromatic N) is 2. The second-order valence-electron chi connectivity index (χ2n) is 13.8. The highest BCUT2D eigenvalue weighted by Gasteiger charge is 2.18. The highest BCUT2D eigenvalue weighted by Crippen LogP contribution is 2.40. The maximum Gasteiger partial charge on any atom is 0.0548 e. The number of fused-ring (bicyclic) bond motifs is 8. The average molecular weight is 677 g/mol. The Morgan fingerprint density at radius 3 is 2.00 bits per heavy atom. The summed E-state index contributed by atoms with van der Waals surface area (Å²) >= 11 is 0. The fourth-order valence-corrected chi connectivity index (χ4v) is 8.20. The smallest absolute Gasteiger partial charge is 0.0548 e. The van der Waals surface area contributed by atoms with Crippen LogP contribution in [0.3, 0.4) is 0 Å². The van der Waals surface area contributed by atoms with Crippen molar-refractivity contribution in [3.05, 3.63) is 212 Å². The number of allylic oxidation sites excluding steroid dienone is 5. The fraction of sp³-hybridized carbons (Fsp3) is 0.0196. The Labute approximate surface area is 309 Å². The predicted octanol–water partition coefficient (Wildman–Crippen LogP) is 13.4. The van der Waals surface area contributed by atoms with Crippen molar-refractivity contribution in [1.29, 1.82) is 0 Å². The van der Waals surface area contributed by atoms with Gasteiger partial charge in [0.05, 0.1) is 16.6 Å². The van der Waals surface area contributed by atoms with Crippen molar-refractivity contribution < 1.29 is 0 Å². The van der Waals surface area contributed by atoms with Gasteiger partial charge in [-0.1, -0.05) is 140 Å². The van der Waals surface area contributed by atoms with Crippen LogP contribution in [0.5, 0.6) is 0 Å². The Morgan fingerprint density at radius 2 is 1.13 bits per heavy atom. The molecule has 0 atom stereocenters. The summed E-state index contributed by atoms with van der Waals surface area (Å²) in [6, 6.07) is 59.6. The number of aromatic nitrogens is 2. The number of para-hydroxylation sites is 2. The zero-order valence-corrected chi connectivity index (χ0v) is 29.3. The molecule has 250 valence electrons. The van der Waals surface area contributed by atoms with Crippen molar-refractivity contribution in [2.45, 2.75) is 6.42 Å². The van der Waals surface area contributed by atoms with Gasteiger partial charge in [0.2, 0.25) is 0 Å². The van der Waals surface area contributed by atoms with Gasteiger partial charge < -0.3 is 9.13 Å².